The van der Waals surface area contributed by atoms with Gasteiger partial charge in [0.25, 0.3) is 0 Å². The quantitative estimate of drug-likeness (QED) is 0.570. The van der Waals surface area contributed by atoms with Gasteiger partial charge in [0.1, 0.15) is 6.04 Å². The molecule has 0 aliphatic heterocycles. The van der Waals surface area contributed by atoms with Crippen molar-refractivity contribution in [2.45, 2.75) is 25.3 Å². The number of carbonyl (C=O) groups is 2. The van der Waals surface area contributed by atoms with Gasteiger partial charge in [0.15, 0.2) is 0 Å². The predicted molar refractivity (Wildman–Crippen MR) is 82.2 cm³/mol. The van der Waals surface area contributed by atoms with E-state index < -0.39 is 12.0 Å². The van der Waals surface area contributed by atoms with Crippen molar-refractivity contribution in [1.29, 1.82) is 0 Å². The zero-order valence-electron chi connectivity index (χ0n) is 12.3. The van der Waals surface area contributed by atoms with E-state index in [0.717, 1.165) is 18.4 Å². The smallest absolute Gasteiger partial charge is 0.326 e. The van der Waals surface area contributed by atoms with E-state index >= 15 is 0 Å². The fourth-order valence-electron chi connectivity index (χ4n) is 1.88. The minimum Gasteiger partial charge on any atom is -0.480 e. The molecule has 0 radical (unpaired) electrons. The van der Waals surface area contributed by atoms with E-state index in [2.05, 4.69) is 11.9 Å². The van der Waals surface area contributed by atoms with Crippen molar-refractivity contribution in [3.63, 3.8) is 0 Å². The molecule has 0 heterocycles. The van der Waals surface area contributed by atoms with Crippen molar-refractivity contribution in [2.75, 3.05) is 13.6 Å². The van der Waals surface area contributed by atoms with Crippen LogP contribution in [0.1, 0.15) is 18.4 Å². The number of carbonyl (C=O) groups excluding carboxylic acids is 1. The molecule has 0 fully saturated rings. The number of nitrogens with zero attached hydrogens (tertiary/aromatic N) is 1. The summed E-state index contributed by atoms with van der Waals surface area (Å²) in [5, 5.41) is 11.8. The highest BCUT2D eigenvalue weighted by Gasteiger charge is 2.21. The molecule has 0 spiro atoms. The highest BCUT2D eigenvalue weighted by Crippen LogP contribution is 2.04. The largest absolute Gasteiger partial charge is 0.480 e. The average Bonchev–Trinajstić information content (AvgIpc) is 2.47. The van der Waals surface area contributed by atoms with Gasteiger partial charge in [0.05, 0.1) is 0 Å². The first-order chi connectivity index (χ1) is 10.0. The van der Waals surface area contributed by atoms with Gasteiger partial charge < -0.3 is 15.3 Å². The molecule has 0 aliphatic carbocycles. The molecule has 2 N–H and O–H groups in total. The predicted octanol–water partition coefficient (Wildman–Crippen LogP) is 2.29. The number of unbranched alkanes of at least 4 members (excludes halogenated alkanes) is 1. The zero-order chi connectivity index (χ0) is 15.7. The Hall–Kier alpha value is -2.30. The maximum Gasteiger partial charge on any atom is 0.326 e. The van der Waals surface area contributed by atoms with Gasteiger partial charge >= 0.3 is 12.0 Å². The summed E-state index contributed by atoms with van der Waals surface area (Å²) < 4.78 is 0. The summed E-state index contributed by atoms with van der Waals surface area (Å²) in [5.74, 6) is -1.04. The van der Waals surface area contributed by atoms with Crippen molar-refractivity contribution in [3.05, 3.63) is 48.6 Å². The lowest BCUT2D eigenvalue weighted by Gasteiger charge is -2.21. The molecule has 5 nitrogen and oxygen atoms in total. The number of rotatable bonds is 8. The van der Waals surface area contributed by atoms with Crippen LogP contribution < -0.4 is 5.32 Å². The number of allylic oxidation sites excluding steroid dienone is 1. The second-order valence-electron chi connectivity index (χ2n) is 4.88. The molecular formula is C16H22N2O3. The third kappa shape index (κ3) is 6.12. The van der Waals surface area contributed by atoms with Crippen LogP contribution in [0, 0.1) is 0 Å². The minimum absolute atomic E-state index is 0.266. The molecule has 0 saturated heterocycles. The Morgan fingerprint density at radius 1 is 1.38 bits per heavy atom. The standard InChI is InChI=1S/C16H22N2O3/c1-3-4-8-11-18(2)16(21)17-14(15(19)20)12-13-9-6-5-7-10-13/h3,5-7,9-10,14H,1,4,8,11-12H2,2H3,(H,17,21)(H,19,20)/t14-/m1/s1. The summed E-state index contributed by atoms with van der Waals surface area (Å²) in [7, 11) is 1.65. The maximum atomic E-state index is 12.0. The first-order valence-electron chi connectivity index (χ1n) is 6.94. The van der Waals surface area contributed by atoms with Gasteiger partial charge in [-0.15, -0.1) is 6.58 Å². The molecule has 1 atom stereocenters. The molecule has 5 heteroatoms. The number of urea groups is 1. The van der Waals surface area contributed by atoms with E-state index in [9.17, 15) is 14.7 Å². The molecule has 0 saturated carbocycles. The van der Waals surface area contributed by atoms with Crippen molar-refractivity contribution in [2.24, 2.45) is 0 Å². The molecule has 114 valence electrons. The second-order valence-corrected chi connectivity index (χ2v) is 4.88. The van der Waals surface area contributed by atoms with Crippen molar-refractivity contribution in [1.82, 2.24) is 10.2 Å². The third-order valence-corrected chi connectivity index (χ3v) is 3.13. The van der Waals surface area contributed by atoms with Crippen LogP contribution >= 0.6 is 0 Å². The zero-order valence-corrected chi connectivity index (χ0v) is 12.3. The monoisotopic (exact) mass is 290 g/mol. The Labute approximate surface area is 125 Å². The van der Waals surface area contributed by atoms with Crippen LogP contribution in [0.4, 0.5) is 4.79 Å². The van der Waals surface area contributed by atoms with Gasteiger partial charge in [0.2, 0.25) is 0 Å². The Morgan fingerprint density at radius 3 is 2.62 bits per heavy atom. The molecule has 0 aliphatic rings. The summed E-state index contributed by atoms with van der Waals surface area (Å²) in [6.45, 7) is 4.19. The van der Waals surface area contributed by atoms with E-state index in [0.29, 0.717) is 6.54 Å². The topological polar surface area (TPSA) is 69.6 Å². The van der Waals surface area contributed by atoms with Crippen molar-refractivity contribution in [3.8, 4) is 0 Å². The molecule has 2 amide bonds. The Morgan fingerprint density at radius 2 is 2.05 bits per heavy atom. The number of nitrogens with one attached hydrogen (secondary N) is 1. The average molecular weight is 290 g/mol. The lowest BCUT2D eigenvalue weighted by Crippen LogP contribution is -2.47. The highest BCUT2D eigenvalue weighted by molar-refractivity contribution is 5.82. The third-order valence-electron chi connectivity index (χ3n) is 3.13. The summed E-state index contributed by atoms with van der Waals surface area (Å²) in [6, 6.07) is 7.94. The minimum atomic E-state index is -1.04. The number of carboxylic acids is 1. The van der Waals surface area contributed by atoms with Crippen LogP contribution in [-0.2, 0) is 11.2 Å². The number of carboxylic acid groups (broad SMARTS) is 1. The van der Waals surface area contributed by atoms with E-state index in [4.69, 9.17) is 0 Å². The van der Waals surface area contributed by atoms with Gasteiger partial charge in [-0.25, -0.2) is 9.59 Å². The Bertz CT molecular complexity index is 474. The summed E-state index contributed by atoms with van der Waals surface area (Å²) >= 11 is 0. The molecule has 1 rings (SSSR count). The summed E-state index contributed by atoms with van der Waals surface area (Å²) in [5.41, 5.74) is 0.875. The van der Waals surface area contributed by atoms with E-state index in [1.165, 1.54) is 4.90 Å². The van der Waals surface area contributed by atoms with Crippen LogP contribution in [0.5, 0.6) is 0 Å². The normalized spacial score (nSPS) is 11.5. The second kappa shape index (κ2) is 8.79. The van der Waals surface area contributed by atoms with E-state index in [-0.39, 0.29) is 12.5 Å². The fraction of sp³-hybridized carbons (Fsp3) is 0.375. The molecular weight excluding hydrogens is 268 g/mol. The number of aliphatic carboxylic acids is 1. The molecule has 1 aromatic rings. The van der Waals surface area contributed by atoms with Crippen LogP contribution in [0.25, 0.3) is 0 Å². The van der Waals surface area contributed by atoms with Crippen LogP contribution in [0.2, 0.25) is 0 Å². The maximum absolute atomic E-state index is 12.0. The van der Waals surface area contributed by atoms with Gasteiger partial charge in [-0.05, 0) is 18.4 Å². The highest BCUT2D eigenvalue weighted by atomic mass is 16.4. The van der Waals surface area contributed by atoms with Crippen molar-refractivity contribution >= 4 is 12.0 Å². The lowest BCUT2D eigenvalue weighted by atomic mass is 10.1. The molecule has 0 bridgehead atoms. The number of hydrogen-bond donors (Lipinski definition) is 2. The first kappa shape index (κ1) is 16.8. The summed E-state index contributed by atoms with van der Waals surface area (Å²) in [6.07, 6.45) is 3.69. The molecule has 0 aromatic heterocycles. The van der Waals surface area contributed by atoms with E-state index in [1.807, 2.05) is 30.3 Å². The number of hydrogen-bond acceptors (Lipinski definition) is 2. The summed E-state index contributed by atoms with van der Waals surface area (Å²) in [4.78, 5) is 24.7. The van der Waals surface area contributed by atoms with E-state index in [1.54, 1.807) is 13.1 Å². The van der Waals surface area contributed by atoms with Crippen LogP contribution in [-0.4, -0.2) is 41.6 Å². The van der Waals surface area contributed by atoms with Gasteiger partial charge in [0, 0.05) is 20.0 Å². The van der Waals surface area contributed by atoms with Crippen molar-refractivity contribution < 1.29 is 14.7 Å². The SMILES string of the molecule is C=CCCCN(C)C(=O)N[C@H](Cc1ccccc1)C(=O)O. The number of benzene rings is 1. The van der Waals surface area contributed by atoms with Gasteiger partial charge in [-0.1, -0.05) is 36.4 Å². The van der Waals surface area contributed by atoms with Crippen LogP contribution in [0.15, 0.2) is 43.0 Å². The van der Waals surface area contributed by atoms with Crippen LogP contribution in [0.3, 0.4) is 0 Å². The molecule has 1 aromatic carbocycles. The number of amides is 2. The van der Waals surface area contributed by atoms with Gasteiger partial charge in [-0.2, -0.15) is 0 Å². The lowest BCUT2D eigenvalue weighted by molar-refractivity contribution is -0.139. The molecule has 21 heavy (non-hydrogen) atoms. The fourth-order valence-corrected chi connectivity index (χ4v) is 1.88. The first-order valence-corrected chi connectivity index (χ1v) is 6.94. The Kier molecular flexibility index (Phi) is 7.01. The van der Waals surface area contributed by atoms with Gasteiger partial charge in [-0.3, -0.25) is 0 Å². The molecule has 0 unspecified atom stereocenters. The Balaban J connectivity index is 2.55.